The number of benzene rings is 1. The number of hydrogen-bond donors (Lipinski definition) is 0. The Morgan fingerprint density at radius 1 is 1.32 bits per heavy atom. The molecule has 4 nitrogen and oxygen atoms in total. The van der Waals surface area contributed by atoms with Gasteiger partial charge in [0, 0.05) is 12.7 Å². The van der Waals surface area contributed by atoms with Gasteiger partial charge < -0.3 is 14.2 Å². The first-order valence-corrected chi connectivity index (χ1v) is 6.43. The highest BCUT2D eigenvalue weighted by molar-refractivity contribution is 5.87. The molecule has 0 N–H and O–H groups in total. The van der Waals surface area contributed by atoms with E-state index in [1.807, 2.05) is 6.07 Å². The van der Waals surface area contributed by atoms with Gasteiger partial charge in [-0.3, -0.25) is 4.79 Å². The third-order valence-corrected chi connectivity index (χ3v) is 3.71. The molecule has 1 aromatic rings. The van der Waals surface area contributed by atoms with Crippen LogP contribution >= 0.6 is 0 Å². The molecule has 1 unspecified atom stereocenters. The number of methoxy groups -OCH3 is 1. The number of allylic oxidation sites excluding steroid dienone is 1. The van der Waals surface area contributed by atoms with E-state index in [1.54, 1.807) is 13.2 Å². The summed E-state index contributed by atoms with van der Waals surface area (Å²) in [4.78, 5) is 11.2. The fourth-order valence-electron chi connectivity index (χ4n) is 2.60. The zero-order valence-electron chi connectivity index (χ0n) is 10.8. The van der Waals surface area contributed by atoms with Crippen LogP contribution < -0.4 is 9.47 Å². The summed E-state index contributed by atoms with van der Waals surface area (Å²) in [6, 6.07) is 3.67. The molecule has 3 rings (SSSR count). The second-order valence-corrected chi connectivity index (χ2v) is 4.77. The molecule has 2 aliphatic rings. The van der Waals surface area contributed by atoms with Crippen molar-refractivity contribution >= 4 is 11.9 Å². The molecule has 19 heavy (non-hydrogen) atoms. The largest absolute Gasteiger partial charge is 0.454 e. The van der Waals surface area contributed by atoms with Crippen LogP contribution in [0.15, 0.2) is 18.2 Å². The molecule has 0 fully saturated rings. The first kappa shape index (κ1) is 12.2. The Kier molecular flexibility index (Phi) is 3.25. The van der Waals surface area contributed by atoms with Crippen molar-refractivity contribution in [1.82, 2.24) is 0 Å². The molecule has 0 amide bonds. The molecule has 0 saturated carbocycles. The minimum Gasteiger partial charge on any atom is -0.454 e. The summed E-state index contributed by atoms with van der Waals surface area (Å²) in [5, 5.41) is 0. The molecule has 1 atom stereocenters. The molecular weight excluding hydrogens is 244 g/mol. The van der Waals surface area contributed by atoms with Gasteiger partial charge in [0.1, 0.15) is 0 Å². The van der Waals surface area contributed by atoms with E-state index in [4.69, 9.17) is 14.2 Å². The first-order chi connectivity index (χ1) is 9.31. The second kappa shape index (κ2) is 5.05. The lowest BCUT2D eigenvalue weighted by Crippen LogP contribution is -2.13. The lowest BCUT2D eigenvalue weighted by molar-refractivity contribution is 0.0964. The van der Waals surface area contributed by atoms with Gasteiger partial charge in [-0.1, -0.05) is 6.08 Å². The maximum atomic E-state index is 11.2. The number of aldehydes is 1. The van der Waals surface area contributed by atoms with E-state index < -0.39 is 0 Å². The van der Waals surface area contributed by atoms with Crippen molar-refractivity contribution in [2.45, 2.75) is 25.4 Å². The van der Waals surface area contributed by atoms with Crippen LogP contribution in [-0.2, 0) is 4.74 Å². The van der Waals surface area contributed by atoms with Crippen LogP contribution in [0.25, 0.3) is 5.57 Å². The van der Waals surface area contributed by atoms with Crippen LogP contribution in [0.4, 0.5) is 0 Å². The number of ether oxygens (including phenoxy) is 3. The van der Waals surface area contributed by atoms with Gasteiger partial charge >= 0.3 is 0 Å². The van der Waals surface area contributed by atoms with Crippen LogP contribution in [0.2, 0.25) is 0 Å². The van der Waals surface area contributed by atoms with E-state index in [-0.39, 0.29) is 12.9 Å². The summed E-state index contributed by atoms with van der Waals surface area (Å²) in [5.74, 6) is 1.37. The summed E-state index contributed by atoms with van der Waals surface area (Å²) in [6.45, 7) is 0.224. The quantitative estimate of drug-likeness (QED) is 0.784. The average molecular weight is 260 g/mol. The van der Waals surface area contributed by atoms with Gasteiger partial charge in [-0.15, -0.1) is 0 Å². The van der Waals surface area contributed by atoms with Gasteiger partial charge in [-0.2, -0.15) is 0 Å². The lowest BCUT2D eigenvalue weighted by Gasteiger charge is -2.21. The normalized spacial score (nSPS) is 21.1. The molecule has 0 spiro atoms. The smallest absolute Gasteiger partial charge is 0.231 e. The standard InChI is InChI=1S/C15H16O4/c1-17-12-4-2-10(3-5-12)13-7-15-14(18-9-19-15)6-11(13)8-16/h2,6-8,12H,3-5,9H2,1H3. The summed E-state index contributed by atoms with van der Waals surface area (Å²) < 4.78 is 16.0. The molecule has 4 heteroatoms. The Hall–Kier alpha value is -1.81. The number of fused-ring (bicyclic) bond motifs is 1. The van der Waals surface area contributed by atoms with Crippen LogP contribution in [0, 0.1) is 0 Å². The Balaban J connectivity index is 1.96. The molecule has 0 bridgehead atoms. The van der Waals surface area contributed by atoms with Gasteiger partial charge in [0.25, 0.3) is 0 Å². The van der Waals surface area contributed by atoms with Gasteiger partial charge in [0.2, 0.25) is 6.79 Å². The number of hydrogen-bond acceptors (Lipinski definition) is 4. The van der Waals surface area contributed by atoms with Gasteiger partial charge in [-0.05, 0) is 42.5 Å². The summed E-state index contributed by atoms with van der Waals surface area (Å²) in [6.07, 6.45) is 6.10. The van der Waals surface area contributed by atoms with Gasteiger partial charge in [0.05, 0.1) is 6.10 Å². The van der Waals surface area contributed by atoms with Crippen LogP contribution in [-0.4, -0.2) is 26.3 Å². The zero-order valence-corrected chi connectivity index (χ0v) is 10.8. The van der Waals surface area contributed by atoms with Gasteiger partial charge in [0.15, 0.2) is 17.8 Å². The van der Waals surface area contributed by atoms with E-state index >= 15 is 0 Å². The van der Waals surface area contributed by atoms with E-state index in [2.05, 4.69) is 6.08 Å². The molecule has 1 aliphatic carbocycles. The van der Waals surface area contributed by atoms with Gasteiger partial charge in [-0.25, -0.2) is 0 Å². The highest BCUT2D eigenvalue weighted by atomic mass is 16.7. The second-order valence-electron chi connectivity index (χ2n) is 4.77. The number of carbonyl (C=O) groups is 1. The maximum Gasteiger partial charge on any atom is 0.231 e. The summed E-state index contributed by atoms with van der Waals surface area (Å²) >= 11 is 0. The Labute approximate surface area is 112 Å². The Morgan fingerprint density at radius 2 is 2.11 bits per heavy atom. The predicted octanol–water partition coefficient (Wildman–Crippen LogP) is 2.81. The SMILES string of the molecule is COC1CC=C(c2cc3c(cc2C=O)OCO3)CC1. The van der Waals surface area contributed by atoms with Crippen molar-refractivity contribution in [2.75, 3.05) is 13.9 Å². The Morgan fingerprint density at radius 3 is 2.74 bits per heavy atom. The minimum absolute atomic E-state index is 0.224. The molecular formula is C15H16O4. The zero-order chi connectivity index (χ0) is 13.2. The molecule has 0 saturated heterocycles. The Bertz CT molecular complexity index is 533. The fourth-order valence-corrected chi connectivity index (χ4v) is 2.60. The van der Waals surface area contributed by atoms with E-state index in [9.17, 15) is 4.79 Å². The number of carbonyl (C=O) groups excluding carboxylic acids is 1. The lowest BCUT2D eigenvalue weighted by atomic mass is 9.89. The topological polar surface area (TPSA) is 44.8 Å². The molecule has 0 aromatic heterocycles. The molecule has 100 valence electrons. The van der Waals surface area contributed by atoms with Crippen molar-refractivity contribution in [3.63, 3.8) is 0 Å². The molecule has 1 aliphatic heterocycles. The molecule has 1 heterocycles. The third kappa shape index (κ3) is 2.24. The minimum atomic E-state index is 0.224. The van der Waals surface area contributed by atoms with E-state index in [0.29, 0.717) is 11.3 Å². The van der Waals surface area contributed by atoms with E-state index in [0.717, 1.165) is 36.9 Å². The highest BCUT2D eigenvalue weighted by Crippen LogP contribution is 2.39. The van der Waals surface area contributed by atoms with Crippen molar-refractivity contribution in [1.29, 1.82) is 0 Å². The molecule has 1 aromatic carbocycles. The van der Waals surface area contributed by atoms with Crippen molar-refractivity contribution in [2.24, 2.45) is 0 Å². The fraction of sp³-hybridized carbons (Fsp3) is 0.400. The monoisotopic (exact) mass is 260 g/mol. The predicted molar refractivity (Wildman–Crippen MR) is 70.6 cm³/mol. The summed E-state index contributed by atoms with van der Waals surface area (Å²) in [7, 11) is 1.74. The maximum absolute atomic E-state index is 11.2. The van der Waals surface area contributed by atoms with Crippen LogP contribution in [0.5, 0.6) is 11.5 Å². The number of rotatable bonds is 3. The summed E-state index contributed by atoms with van der Waals surface area (Å²) in [5.41, 5.74) is 2.80. The first-order valence-electron chi connectivity index (χ1n) is 6.43. The van der Waals surface area contributed by atoms with Crippen molar-refractivity contribution < 1.29 is 19.0 Å². The highest BCUT2D eigenvalue weighted by Gasteiger charge is 2.21. The van der Waals surface area contributed by atoms with Crippen molar-refractivity contribution in [3.05, 3.63) is 29.3 Å². The average Bonchev–Trinajstić information content (AvgIpc) is 2.93. The van der Waals surface area contributed by atoms with Crippen LogP contribution in [0.3, 0.4) is 0 Å². The van der Waals surface area contributed by atoms with Crippen LogP contribution in [0.1, 0.15) is 35.2 Å². The molecule has 0 radical (unpaired) electrons. The van der Waals surface area contributed by atoms with E-state index in [1.165, 1.54) is 5.57 Å². The third-order valence-electron chi connectivity index (χ3n) is 3.71. The van der Waals surface area contributed by atoms with Crippen molar-refractivity contribution in [3.8, 4) is 11.5 Å².